The van der Waals surface area contributed by atoms with Crippen molar-refractivity contribution in [1.29, 1.82) is 0 Å². The van der Waals surface area contributed by atoms with Crippen molar-refractivity contribution in [3.63, 3.8) is 0 Å². The first-order valence-electron chi connectivity index (χ1n) is 40.1. The Balaban J connectivity index is 0.000000121. The highest BCUT2D eigenvalue weighted by molar-refractivity contribution is 6.31. The fourth-order valence-corrected chi connectivity index (χ4v) is 14.3. The lowest BCUT2D eigenvalue weighted by Crippen LogP contribution is -2.27. The third-order valence-corrected chi connectivity index (χ3v) is 21.4. The Hall–Kier alpha value is -15.6. The number of aryl methyl sites for hydroxylation is 4. The van der Waals surface area contributed by atoms with Crippen LogP contribution in [0.25, 0.3) is 45.6 Å². The van der Waals surface area contributed by atoms with Crippen LogP contribution in [0.15, 0.2) is 167 Å². The van der Waals surface area contributed by atoms with Gasteiger partial charge in [-0.2, -0.15) is 58.9 Å². The third-order valence-electron chi connectivity index (χ3n) is 20.6. The largest absolute Gasteiger partial charge is 0.373 e. The Bertz CT molecular complexity index is 6980. The first-order valence-corrected chi connectivity index (χ1v) is 41.6. The molecule has 4 saturated carbocycles. The van der Waals surface area contributed by atoms with E-state index in [1.807, 2.05) is 0 Å². The fraction of sp³-hybridized carbons (Fsp3) is 0.250. The zero-order valence-electron chi connectivity index (χ0n) is 69.8. The molecule has 0 aromatic carbocycles. The summed E-state index contributed by atoms with van der Waals surface area (Å²) < 4.78 is 44.2. The number of nitrogens with one attached hydrogen (secondary N) is 12. The summed E-state index contributed by atoms with van der Waals surface area (Å²) in [5.74, 6) is 2.97. The van der Waals surface area contributed by atoms with Gasteiger partial charge in [-0.3, -0.25) is 75.4 Å². The van der Waals surface area contributed by atoms with Gasteiger partial charge in [0.05, 0.1) is 80.7 Å². The number of fused-ring (bicyclic) bond motifs is 4. The highest BCUT2D eigenvalue weighted by Crippen LogP contribution is 2.33. The lowest BCUT2D eigenvalue weighted by molar-refractivity contribution is 0.0940. The Morgan fingerprint density at radius 1 is 0.362 bits per heavy atom. The number of anilines is 12. The molecule has 0 saturated heterocycles. The van der Waals surface area contributed by atoms with E-state index < -0.39 is 36.2 Å². The van der Waals surface area contributed by atoms with Crippen LogP contribution < -0.4 is 86.0 Å². The van der Waals surface area contributed by atoms with Crippen molar-refractivity contribution in [3.8, 4) is 23.0 Å². The quantitative estimate of drug-likeness (QED) is 0.0276. The molecule has 4 aliphatic rings. The second kappa shape index (κ2) is 35.7. The molecular weight excluding hydrogens is 1770 g/mol. The Kier molecular flexibility index (Phi) is 23.8. The third kappa shape index (κ3) is 18.5. The Morgan fingerprint density at radius 2 is 0.631 bits per heavy atom. The van der Waals surface area contributed by atoms with Crippen LogP contribution in [0.1, 0.15) is 80.0 Å². The average Bonchev–Trinajstić information content (AvgIpc) is 1.62. The smallest absolute Gasteiger partial charge is 0.280 e. The predicted octanol–water partition coefficient (Wildman–Crippen LogP) is 7.67. The number of carbonyl (C=O) groups is 4. The predicted molar refractivity (Wildman–Crippen MR) is 481 cm³/mol. The van der Waals surface area contributed by atoms with Gasteiger partial charge in [0.1, 0.15) is 104 Å². The molecule has 4 atom stereocenters. The van der Waals surface area contributed by atoms with E-state index in [0.29, 0.717) is 113 Å². The van der Waals surface area contributed by atoms with Gasteiger partial charge in [0, 0.05) is 167 Å². The molecule has 4 amide bonds. The van der Waals surface area contributed by atoms with Gasteiger partial charge in [-0.05, 0) is 49.9 Å². The summed E-state index contributed by atoms with van der Waals surface area (Å²) in [6, 6.07) is 15.5. The SMILES string of the molecule is CNc1cc(Nc2cc(Cl)cn(-c3ccn(C)n3)c2=O)nc2c(C(=O)NC3CC3)cnn12.CNc1cc(Nc2cc(Cl)cn(-c3ccn(C)n3)c2=O)nc2c(C(=O)N[C@H]3C[C@H]3F)cnn12.CNc1cc(Nc2cc(Cl)cn(-c3cnn(C)c3)c2=O)nc2c(C(=O)NC3CC3)cnn12.CNc1cc(Nc2cc(Cl)cn(-c3cnn(C)c3)c2=O)nc2c(C(=O)N[C@H]3C[C@H]3F)cnn12. The molecule has 0 spiro atoms. The van der Waals surface area contributed by atoms with Gasteiger partial charge >= 0.3 is 0 Å². The minimum atomic E-state index is -1.03. The number of hydrogen-bond donors (Lipinski definition) is 12. The van der Waals surface area contributed by atoms with Crippen LogP contribution in [0.2, 0.25) is 20.1 Å². The van der Waals surface area contributed by atoms with Gasteiger partial charge < -0.3 is 63.8 Å². The van der Waals surface area contributed by atoms with E-state index in [-0.39, 0.29) is 103 Å². The van der Waals surface area contributed by atoms with Crippen molar-refractivity contribution >= 4 is 162 Å². The molecule has 0 aliphatic heterocycles. The molecule has 4 fully saturated rings. The number of halogens is 6. The maximum absolute atomic E-state index is 13.2. The number of alkyl halides is 2. The first-order chi connectivity index (χ1) is 62.5. The standard InChI is InChI=1S/2C20H19ClFN9O2.2C20H20ClN9O2/c1-23-17-5-16(28-18-12(7-25-31(17)18)19(32)27-14-4-13(14)22)26-15-3-10(21)8-30(20(15)33)11-6-24-29(2)9-11;1-23-17-7-15(27-18-11(8-24-31(17)18)19(32)26-13-6-12(13)22)25-14-5-10(21)9-30(20(14)33)16-3-4-29(2)28-16;1-22-17-6-16(27-18-14(8-24-30(17)18)19(31)25-12-3-4-12)26-15-5-11(21)9-29(20(15)32)13-7-23-28(2)10-13;1-22-17-8-15(26-18-13(9-23-30(17)18)19(31)24-12-3-4-12)25-14-7-11(21)10-29(20(14)32)16-5-6-28(2)27-16/h3,5-9,13-14,23H,4H2,1-2H3,(H,26,28)(H,27,32);3-5,7-9,12-13,23H,6H2,1-2H3,(H,25,27)(H,26,32);5-10,12,22H,3-4H2,1-2H3,(H,25,31)(H,26,27);5-10,12,22H,3-4H2,1-2H3,(H,24,31)(H,25,26)/t13-,14+;12-,13+;;/m11../s1. The number of aromatic nitrogens is 24. The van der Waals surface area contributed by atoms with Crippen molar-refractivity contribution < 1.29 is 28.0 Å². The molecule has 130 heavy (non-hydrogen) atoms. The molecule has 0 unspecified atom stereocenters. The summed E-state index contributed by atoms with van der Waals surface area (Å²) in [6.45, 7) is 0. The average molecular weight is 1850 g/mol. The molecule has 16 aromatic heterocycles. The number of pyridine rings is 4. The molecule has 50 heteroatoms. The summed E-state index contributed by atoms with van der Waals surface area (Å²) >= 11 is 25.0. The van der Waals surface area contributed by atoms with Crippen LogP contribution in [0.3, 0.4) is 0 Å². The number of nitrogens with zero attached hydrogens (tertiary/aromatic N) is 24. The van der Waals surface area contributed by atoms with Gasteiger partial charge in [0.2, 0.25) is 0 Å². The second-order valence-electron chi connectivity index (χ2n) is 30.4. The zero-order chi connectivity index (χ0) is 91.4. The topological polar surface area (TPSA) is 493 Å². The number of carbonyl (C=O) groups excluding carboxylic acids is 4. The number of amides is 4. The molecule has 12 N–H and O–H groups in total. The Morgan fingerprint density at radius 3 is 0.869 bits per heavy atom. The van der Waals surface area contributed by atoms with Gasteiger partial charge in [-0.1, -0.05) is 46.4 Å². The zero-order valence-corrected chi connectivity index (χ0v) is 72.9. The van der Waals surface area contributed by atoms with Crippen molar-refractivity contribution in [2.75, 3.05) is 70.7 Å². The van der Waals surface area contributed by atoms with Crippen LogP contribution in [-0.2, 0) is 28.2 Å². The molecule has 44 nitrogen and oxygen atoms in total. The first kappa shape index (κ1) is 86.5. The van der Waals surface area contributed by atoms with Gasteiger partial charge in [0.25, 0.3) is 45.9 Å². The second-order valence-corrected chi connectivity index (χ2v) is 32.1. The van der Waals surface area contributed by atoms with Crippen LogP contribution in [-0.4, -0.2) is 204 Å². The van der Waals surface area contributed by atoms with Crippen LogP contribution >= 0.6 is 46.4 Å². The van der Waals surface area contributed by atoms with Crippen LogP contribution in [0, 0.1) is 0 Å². The van der Waals surface area contributed by atoms with E-state index in [9.17, 15) is 47.1 Å². The van der Waals surface area contributed by atoms with E-state index in [0.717, 1.165) is 25.7 Å². The van der Waals surface area contributed by atoms with E-state index in [1.54, 1.807) is 153 Å². The van der Waals surface area contributed by atoms with Crippen LogP contribution in [0.5, 0.6) is 0 Å². The van der Waals surface area contributed by atoms with E-state index in [4.69, 9.17) is 46.4 Å². The van der Waals surface area contributed by atoms with E-state index in [2.05, 4.69) is 125 Å². The highest BCUT2D eigenvalue weighted by Gasteiger charge is 2.41. The summed E-state index contributed by atoms with van der Waals surface area (Å²) in [5.41, 5.74) is 2.79. The lowest BCUT2D eigenvalue weighted by Gasteiger charge is -2.12. The fourth-order valence-electron chi connectivity index (χ4n) is 13.5. The summed E-state index contributed by atoms with van der Waals surface area (Å²) in [6.07, 6.45) is 24.1. The summed E-state index contributed by atoms with van der Waals surface area (Å²) in [4.78, 5) is 121. The summed E-state index contributed by atoms with van der Waals surface area (Å²) in [7, 11) is 13.9. The van der Waals surface area contributed by atoms with Crippen molar-refractivity contribution in [2.24, 2.45) is 28.2 Å². The van der Waals surface area contributed by atoms with Gasteiger partial charge in [0.15, 0.2) is 34.2 Å². The monoisotopic (exact) mass is 1850 g/mol. The molecule has 0 bridgehead atoms. The normalized spacial score (nSPS) is 15.3. The minimum Gasteiger partial charge on any atom is -0.373 e. The van der Waals surface area contributed by atoms with Crippen molar-refractivity contribution in [2.45, 2.75) is 75.0 Å². The molecule has 20 rings (SSSR count). The van der Waals surface area contributed by atoms with Gasteiger partial charge in [-0.15, -0.1) is 0 Å². The minimum absolute atomic E-state index is 0.163. The maximum Gasteiger partial charge on any atom is 0.280 e. The maximum atomic E-state index is 13.2. The van der Waals surface area contributed by atoms with E-state index >= 15 is 0 Å². The molecule has 16 aromatic rings. The summed E-state index contributed by atoms with van der Waals surface area (Å²) in [5, 5.41) is 70.2. The lowest BCUT2D eigenvalue weighted by atomic mass is 10.3. The van der Waals surface area contributed by atoms with Crippen molar-refractivity contribution in [3.05, 3.63) is 231 Å². The highest BCUT2D eigenvalue weighted by atomic mass is 35.5. The molecule has 4 aliphatic carbocycles. The van der Waals surface area contributed by atoms with Crippen molar-refractivity contribution in [1.82, 2.24) is 137 Å². The van der Waals surface area contributed by atoms with Crippen LogP contribution in [0.4, 0.5) is 78.1 Å². The molecule has 16 heterocycles. The number of rotatable bonds is 24. The molecule has 668 valence electrons. The van der Waals surface area contributed by atoms with Gasteiger partial charge in [-0.25, -0.2) is 28.7 Å². The number of hydrogen-bond acceptors (Lipinski definition) is 28. The molecule has 0 radical (unpaired) electrons. The molecular formula is C80H78Cl4F2N36O8. The Labute approximate surface area is 750 Å². The van der Waals surface area contributed by atoms with E-state index in [1.165, 1.54) is 106 Å².